The third-order valence-electron chi connectivity index (χ3n) is 5.11. The Labute approximate surface area is 186 Å². The summed E-state index contributed by atoms with van der Waals surface area (Å²) in [5, 5.41) is 3.43. The minimum atomic E-state index is -0.412. The molecule has 2 aromatic rings. The lowest BCUT2D eigenvalue weighted by Crippen LogP contribution is -2.40. The number of hydrazine groups is 1. The number of carbonyl (C=O) groups is 3. The van der Waals surface area contributed by atoms with Gasteiger partial charge in [-0.1, -0.05) is 19.8 Å². The Morgan fingerprint density at radius 1 is 1.00 bits per heavy atom. The van der Waals surface area contributed by atoms with Gasteiger partial charge in [-0.25, -0.2) is 0 Å². The molecule has 166 valence electrons. The molecule has 0 saturated heterocycles. The summed E-state index contributed by atoms with van der Waals surface area (Å²) in [6, 6.07) is 6.98. The van der Waals surface area contributed by atoms with Gasteiger partial charge in [-0.3, -0.25) is 25.2 Å². The number of aryl methyl sites for hydroxylation is 1. The van der Waals surface area contributed by atoms with Gasteiger partial charge < -0.3 is 10.1 Å². The molecule has 1 heterocycles. The van der Waals surface area contributed by atoms with Gasteiger partial charge in [-0.05, 0) is 61.9 Å². The van der Waals surface area contributed by atoms with Crippen LogP contribution in [-0.2, 0) is 17.6 Å². The summed E-state index contributed by atoms with van der Waals surface area (Å²) in [6.07, 6.45) is 6.89. The van der Waals surface area contributed by atoms with Crippen LogP contribution in [0.1, 0.15) is 77.1 Å². The van der Waals surface area contributed by atoms with Crippen molar-refractivity contribution in [3.8, 4) is 5.75 Å². The Kier molecular flexibility index (Phi) is 8.06. The molecule has 3 N–H and O–H groups in total. The molecule has 31 heavy (non-hydrogen) atoms. The smallest absolute Gasteiger partial charge is 0.272 e. The van der Waals surface area contributed by atoms with Crippen LogP contribution in [0.5, 0.6) is 5.75 Å². The second kappa shape index (κ2) is 10.9. The zero-order valence-electron chi connectivity index (χ0n) is 18.0. The number of carbonyl (C=O) groups excluding carboxylic acids is 3. The van der Waals surface area contributed by atoms with Crippen LogP contribution in [0.4, 0.5) is 5.00 Å². The van der Waals surface area contributed by atoms with E-state index in [0.717, 1.165) is 61.1 Å². The second-order valence-corrected chi connectivity index (χ2v) is 8.69. The minimum Gasteiger partial charge on any atom is -0.494 e. The van der Waals surface area contributed by atoms with E-state index in [2.05, 4.69) is 23.1 Å². The molecule has 8 heteroatoms. The number of hydrogen-bond donors (Lipinski definition) is 3. The average Bonchev–Trinajstić information content (AvgIpc) is 2.93. The van der Waals surface area contributed by atoms with E-state index in [1.165, 1.54) is 18.3 Å². The van der Waals surface area contributed by atoms with Crippen LogP contribution >= 0.6 is 11.3 Å². The molecule has 1 aliphatic carbocycles. The van der Waals surface area contributed by atoms with Crippen molar-refractivity contribution in [3.63, 3.8) is 0 Å². The average molecular weight is 444 g/mol. The number of ether oxygens (including phenoxy) is 1. The van der Waals surface area contributed by atoms with E-state index < -0.39 is 5.91 Å². The summed E-state index contributed by atoms with van der Waals surface area (Å²) in [6.45, 7) is 4.08. The predicted octanol–water partition coefficient (Wildman–Crippen LogP) is 4.23. The second-order valence-electron chi connectivity index (χ2n) is 7.58. The molecule has 0 unspecified atom stereocenters. The molecular weight excluding hydrogens is 414 g/mol. The lowest BCUT2D eigenvalue weighted by atomic mass is 10.0. The van der Waals surface area contributed by atoms with Gasteiger partial charge in [0, 0.05) is 17.4 Å². The summed E-state index contributed by atoms with van der Waals surface area (Å²) in [5.74, 6) is -0.334. The lowest BCUT2D eigenvalue weighted by molar-refractivity contribution is -0.119. The summed E-state index contributed by atoms with van der Waals surface area (Å²) >= 11 is 1.45. The standard InChI is InChI=1S/C23H29N3O4S/c1-3-4-14-30-17-12-10-16(11-13-17)21(28)24-23-20(22(29)26-25-15(2)27)18-8-6-5-7-9-19(18)31-23/h10-13H,3-9,14H2,1-2H3,(H,24,28)(H,25,27)(H,26,29). The normalized spacial score (nSPS) is 13.0. The Morgan fingerprint density at radius 2 is 1.74 bits per heavy atom. The molecule has 3 rings (SSSR count). The molecule has 1 aromatic carbocycles. The van der Waals surface area contributed by atoms with Crippen LogP contribution in [0.25, 0.3) is 0 Å². The summed E-state index contributed by atoms with van der Waals surface area (Å²) < 4.78 is 5.65. The fourth-order valence-corrected chi connectivity index (χ4v) is 4.77. The highest BCUT2D eigenvalue weighted by Gasteiger charge is 2.26. The van der Waals surface area contributed by atoms with Gasteiger partial charge >= 0.3 is 0 Å². The molecule has 3 amide bonds. The monoisotopic (exact) mass is 443 g/mol. The number of thiophene rings is 1. The van der Waals surface area contributed by atoms with Crippen molar-refractivity contribution in [2.24, 2.45) is 0 Å². The number of unbranched alkanes of at least 4 members (excludes halogenated alkanes) is 1. The molecule has 0 saturated carbocycles. The topological polar surface area (TPSA) is 96.5 Å². The Morgan fingerprint density at radius 3 is 2.45 bits per heavy atom. The number of anilines is 1. The van der Waals surface area contributed by atoms with Crippen molar-refractivity contribution in [3.05, 3.63) is 45.8 Å². The molecule has 0 bridgehead atoms. The van der Waals surface area contributed by atoms with Crippen LogP contribution in [-0.4, -0.2) is 24.3 Å². The fraction of sp³-hybridized carbons (Fsp3) is 0.435. The molecule has 7 nitrogen and oxygen atoms in total. The van der Waals surface area contributed by atoms with E-state index in [0.29, 0.717) is 22.7 Å². The van der Waals surface area contributed by atoms with E-state index >= 15 is 0 Å². The quantitative estimate of drug-likeness (QED) is 0.339. The highest BCUT2D eigenvalue weighted by molar-refractivity contribution is 7.17. The highest BCUT2D eigenvalue weighted by Crippen LogP contribution is 2.37. The number of amides is 3. The summed E-state index contributed by atoms with van der Waals surface area (Å²) in [7, 11) is 0. The largest absolute Gasteiger partial charge is 0.494 e. The van der Waals surface area contributed by atoms with E-state index in [1.54, 1.807) is 24.3 Å². The molecular formula is C23H29N3O4S. The van der Waals surface area contributed by atoms with Crippen molar-refractivity contribution in [1.82, 2.24) is 10.9 Å². The maximum absolute atomic E-state index is 12.9. The van der Waals surface area contributed by atoms with E-state index in [1.807, 2.05) is 0 Å². The van der Waals surface area contributed by atoms with Gasteiger partial charge in [0.1, 0.15) is 10.8 Å². The van der Waals surface area contributed by atoms with Crippen LogP contribution < -0.4 is 20.9 Å². The van der Waals surface area contributed by atoms with E-state index in [4.69, 9.17) is 4.74 Å². The SMILES string of the molecule is CCCCOc1ccc(C(=O)Nc2sc3c(c2C(=O)NNC(C)=O)CCCCC3)cc1. The molecule has 0 fully saturated rings. The van der Waals surface area contributed by atoms with Gasteiger partial charge in [0.2, 0.25) is 5.91 Å². The number of benzene rings is 1. The van der Waals surface area contributed by atoms with Gasteiger partial charge in [0.15, 0.2) is 0 Å². The number of fused-ring (bicyclic) bond motifs is 1. The van der Waals surface area contributed by atoms with Crippen molar-refractivity contribution < 1.29 is 19.1 Å². The molecule has 0 atom stereocenters. The Bertz CT molecular complexity index is 937. The first-order valence-corrected chi connectivity index (χ1v) is 11.6. The van der Waals surface area contributed by atoms with Crippen LogP contribution in [0, 0.1) is 0 Å². The zero-order chi connectivity index (χ0) is 22.2. The third-order valence-corrected chi connectivity index (χ3v) is 6.32. The van der Waals surface area contributed by atoms with Crippen molar-refractivity contribution >= 4 is 34.1 Å². The number of nitrogens with one attached hydrogen (secondary N) is 3. The van der Waals surface area contributed by atoms with Gasteiger partial charge in [-0.15, -0.1) is 11.3 Å². The first kappa shape index (κ1) is 22.8. The first-order chi connectivity index (χ1) is 15.0. The molecule has 1 aromatic heterocycles. The van der Waals surface area contributed by atoms with E-state index in [9.17, 15) is 14.4 Å². The maximum atomic E-state index is 12.9. The highest BCUT2D eigenvalue weighted by atomic mass is 32.1. The zero-order valence-corrected chi connectivity index (χ0v) is 18.8. The Balaban J connectivity index is 1.79. The van der Waals surface area contributed by atoms with Crippen molar-refractivity contribution in [2.75, 3.05) is 11.9 Å². The summed E-state index contributed by atoms with van der Waals surface area (Å²) in [4.78, 5) is 38.0. The Hall–Kier alpha value is -2.87. The van der Waals surface area contributed by atoms with Gasteiger partial charge in [0.25, 0.3) is 11.8 Å². The lowest BCUT2D eigenvalue weighted by Gasteiger charge is -2.10. The van der Waals surface area contributed by atoms with Gasteiger partial charge in [0.05, 0.1) is 12.2 Å². The molecule has 0 spiro atoms. The van der Waals surface area contributed by atoms with Crippen LogP contribution in [0.15, 0.2) is 24.3 Å². The van der Waals surface area contributed by atoms with Gasteiger partial charge in [-0.2, -0.15) is 0 Å². The summed E-state index contributed by atoms with van der Waals surface area (Å²) in [5.41, 5.74) is 6.68. The predicted molar refractivity (Wildman–Crippen MR) is 122 cm³/mol. The third kappa shape index (κ3) is 6.07. The first-order valence-electron chi connectivity index (χ1n) is 10.7. The van der Waals surface area contributed by atoms with Crippen LogP contribution in [0.2, 0.25) is 0 Å². The van der Waals surface area contributed by atoms with Crippen LogP contribution in [0.3, 0.4) is 0 Å². The molecule has 0 aliphatic heterocycles. The maximum Gasteiger partial charge on any atom is 0.272 e. The molecule has 1 aliphatic rings. The molecule has 0 radical (unpaired) electrons. The number of hydrogen-bond acceptors (Lipinski definition) is 5. The number of rotatable bonds is 7. The van der Waals surface area contributed by atoms with Crippen molar-refractivity contribution in [2.45, 2.75) is 58.8 Å². The van der Waals surface area contributed by atoms with Crippen molar-refractivity contribution in [1.29, 1.82) is 0 Å². The minimum absolute atomic E-state index is 0.287. The fourth-order valence-electron chi connectivity index (χ4n) is 3.49. The van der Waals surface area contributed by atoms with E-state index in [-0.39, 0.29) is 11.8 Å².